The number of hydrogen-bond donors (Lipinski definition) is 3. The zero-order chi connectivity index (χ0) is 30.3. The maximum absolute atomic E-state index is 14.6. The van der Waals surface area contributed by atoms with Gasteiger partial charge in [0.25, 0.3) is 0 Å². The second kappa shape index (κ2) is 9.70. The molecular formula is C30H27Cl3O8. The van der Waals surface area contributed by atoms with Crippen LogP contribution in [0, 0.1) is 12.8 Å². The van der Waals surface area contributed by atoms with Gasteiger partial charge in [-0.25, -0.2) is 0 Å². The second-order valence-corrected chi connectivity index (χ2v) is 11.9. The zero-order valence-electron chi connectivity index (χ0n) is 23.0. The van der Waals surface area contributed by atoms with E-state index >= 15 is 0 Å². The summed E-state index contributed by atoms with van der Waals surface area (Å²) in [7, 11) is 4.34. The van der Waals surface area contributed by atoms with Crippen molar-refractivity contribution >= 4 is 46.4 Å². The molecule has 0 aliphatic heterocycles. The van der Waals surface area contributed by atoms with Gasteiger partial charge in [0.15, 0.2) is 5.60 Å². The first-order chi connectivity index (χ1) is 19.2. The SMILES string of the molecule is COc1cc(OC)c(-c2cc(OC)c(Cl)c3c2C(=O)[C@@]2(O)C(=O)c4c(O)cc(O)c(Cl)c4C(C)(C)[C@@H]2C3)c(C)c1Cl. The molecule has 2 aliphatic carbocycles. The summed E-state index contributed by atoms with van der Waals surface area (Å²) in [5, 5.41) is 33.5. The van der Waals surface area contributed by atoms with E-state index in [0.29, 0.717) is 28.2 Å². The number of benzene rings is 3. The summed E-state index contributed by atoms with van der Waals surface area (Å²) in [5.41, 5.74) is -2.44. The van der Waals surface area contributed by atoms with Gasteiger partial charge >= 0.3 is 0 Å². The third kappa shape index (κ3) is 3.77. The Morgan fingerprint density at radius 3 is 1.93 bits per heavy atom. The molecule has 0 bridgehead atoms. The number of Topliss-reactive ketones (excluding diaryl/α,β-unsaturated/α-hetero) is 2. The number of aliphatic hydroxyl groups is 1. The summed E-state index contributed by atoms with van der Waals surface area (Å²) in [6.07, 6.45) is -0.0449. The summed E-state index contributed by atoms with van der Waals surface area (Å²) in [5.74, 6) is -3.13. The monoisotopic (exact) mass is 620 g/mol. The van der Waals surface area contributed by atoms with E-state index in [0.717, 1.165) is 6.07 Å². The molecule has 0 amide bonds. The van der Waals surface area contributed by atoms with Crippen molar-refractivity contribution in [3.05, 3.63) is 61.1 Å². The molecular weight excluding hydrogens is 595 g/mol. The summed E-state index contributed by atoms with van der Waals surface area (Å²) >= 11 is 19.9. The fourth-order valence-electron chi connectivity index (χ4n) is 6.43. The molecule has 5 rings (SSSR count). The first-order valence-electron chi connectivity index (χ1n) is 12.6. The van der Waals surface area contributed by atoms with Gasteiger partial charge < -0.3 is 29.5 Å². The average molecular weight is 622 g/mol. The zero-order valence-corrected chi connectivity index (χ0v) is 25.3. The third-order valence-corrected chi connectivity index (χ3v) is 9.75. The van der Waals surface area contributed by atoms with Gasteiger partial charge in [-0.2, -0.15) is 0 Å². The number of carbonyl (C=O) groups excluding carboxylic acids is 2. The fourth-order valence-corrected chi connectivity index (χ4v) is 7.35. The van der Waals surface area contributed by atoms with Crippen molar-refractivity contribution in [1.29, 1.82) is 0 Å². The Kier molecular flexibility index (Phi) is 6.94. The van der Waals surface area contributed by atoms with Gasteiger partial charge in [0, 0.05) is 34.7 Å². The number of carbonyl (C=O) groups is 2. The summed E-state index contributed by atoms with van der Waals surface area (Å²) < 4.78 is 16.6. The van der Waals surface area contributed by atoms with Crippen molar-refractivity contribution < 1.29 is 39.1 Å². The van der Waals surface area contributed by atoms with Crippen molar-refractivity contribution in [2.75, 3.05) is 21.3 Å². The largest absolute Gasteiger partial charge is 0.507 e. The molecule has 0 radical (unpaired) electrons. The summed E-state index contributed by atoms with van der Waals surface area (Å²) in [6.45, 7) is 5.09. The number of rotatable bonds is 4. The van der Waals surface area contributed by atoms with Gasteiger partial charge in [-0.15, -0.1) is 0 Å². The number of ketones is 2. The van der Waals surface area contributed by atoms with Crippen LogP contribution in [0.1, 0.15) is 51.3 Å². The quantitative estimate of drug-likeness (QED) is 0.289. The Bertz CT molecular complexity index is 1680. The summed E-state index contributed by atoms with van der Waals surface area (Å²) in [6, 6.07) is 4.02. The Hall–Kier alpha value is -3.17. The van der Waals surface area contributed by atoms with Gasteiger partial charge in [0.05, 0.1) is 42.0 Å². The lowest BCUT2D eigenvalue weighted by molar-refractivity contribution is -0.0202. The molecule has 0 fully saturated rings. The molecule has 216 valence electrons. The number of halogens is 3. The standard InChI is InChI=1S/C30H27Cl3O8/c1-11-20(16(39-4)10-18(41-6)24(11)31)12-7-17(40-5)25(32)13-8-19-29(2,3)23-22(14(34)9-15(35)26(23)33)28(37)30(19,38)27(36)21(12)13/h7,9-10,19,34-35,38H,8H2,1-6H3/t19-,30+/m0/s1. The molecule has 3 aromatic rings. The van der Waals surface area contributed by atoms with E-state index in [1.54, 1.807) is 26.8 Å². The highest BCUT2D eigenvalue weighted by Gasteiger charge is 2.64. The highest BCUT2D eigenvalue weighted by molar-refractivity contribution is 6.37. The topological polar surface area (TPSA) is 123 Å². The predicted molar refractivity (Wildman–Crippen MR) is 155 cm³/mol. The molecule has 8 nitrogen and oxygen atoms in total. The van der Waals surface area contributed by atoms with E-state index in [4.69, 9.17) is 49.0 Å². The highest BCUT2D eigenvalue weighted by atomic mass is 35.5. The fraction of sp³-hybridized carbons (Fsp3) is 0.333. The van der Waals surface area contributed by atoms with Gasteiger partial charge in [-0.05, 0) is 41.5 Å². The molecule has 2 atom stereocenters. The van der Waals surface area contributed by atoms with Gasteiger partial charge in [0.2, 0.25) is 11.6 Å². The minimum absolute atomic E-state index is 0.00542. The number of methoxy groups -OCH3 is 3. The molecule has 0 aromatic heterocycles. The lowest BCUT2D eigenvalue weighted by Gasteiger charge is -2.51. The number of phenolic OH excluding ortho intramolecular Hbond substituents is 2. The van der Waals surface area contributed by atoms with E-state index < -0.39 is 40.0 Å². The Balaban J connectivity index is 1.89. The van der Waals surface area contributed by atoms with Crippen LogP contribution in [0.25, 0.3) is 11.1 Å². The van der Waals surface area contributed by atoms with Crippen LogP contribution in [0.3, 0.4) is 0 Å². The molecule has 11 heteroatoms. The van der Waals surface area contributed by atoms with Crippen LogP contribution >= 0.6 is 34.8 Å². The normalized spacial score (nSPS) is 20.7. The molecule has 0 saturated heterocycles. The maximum Gasteiger partial charge on any atom is 0.206 e. The second-order valence-electron chi connectivity index (χ2n) is 10.8. The molecule has 41 heavy (non-hydrogen) atoms. The Labute approximate surface area is 251 Å². The number of phenols is 2. The van der Waals surface area contributed by atoms with Crippen molar-refractivity contribution in [3.63, 3.8) is 0 Å². The average Bonchev–Trinajstić information content (AvgIpc) is 2.93. The molecule has 2 aliphatic rings. The number of ether oxygens (including phenoxy) is 3. The van der Waals surface area contributed by atoms with Crippen LogP contribution in [0.4, 0.5) is 0 Å². The summed E-state index contributed by atoms with van der Waals surface area (Å²) in [4.78, 5) is 28.6. The molecule has 0 unspecified atom stereocenters. The first kappa shape index (κ1) is 29.3. The lowest BCUT2D eigenvalue weighted by Crippen LogP contribution is -2.64. The van der Waals surface area contributed by atoms with E-state index in [9.17, 15) is 24.9 Å². The van der Waals surface area contributed by atoms with E-state index in [1.807, 2.05) is 0 Å². The van der Waals surface area contributed by atoms with Crippen LogP contribution in [-0.4, -0.2) is 53.8 Å². The third-order valence-electron chi connectivity index (χ3n) is 8.48. The van der Waals surface area contributed by atoms with Crippen LogP contribution in [0.5, 0.6) is 28.7 Å². The van der Waals surface area contributed by atoms with Crippen LogP contribution in [0.2, 0.25) is 15.1 Å². The molecule has 3 N–H and O–H groups in total. The van der Waals surface area contributed by atoms with Crippen LogP contribution in [-0.2, 0) is 11.8 Å². The molecule has 0 heterocycles. The van der Waals surface area contributed by atoms with Gasteiger partial charge in [0.1, 0.15) is 28.7 Å². The van der Waals surface area contributed by atoms with Crippen molar-refractivity contribution in [2.45, 2.75) is 38.2 Å². The predicted octanol–water partition coefficient (Wildman–Crippen LogP) is 6.32. The molecule has 3 aromatic carbocycles. The van der Waals surface area contributed by atoms with Gasteiger partial charge in [-0.1, -0.05) is 48.7 Å². The van der Waals surface area contributed by atoms with E-state index in [2.05, 4.69) is 0 Å². The van der Waals surface area contributed by atoms with Crippen LogP contribution in [0.15, 0.2) is 18.2 Å². The number of aromatic hydroxyl groups is 2. The molecule has 0 saturated carbocycles. The first-order valence-corrected chi connectivity index (χ1v) is 13.7. The Morgan fingerprint density at radius 2 is 1.34 bits per heavy atom. The highest BCUT2D eigenvalue weighted by Crippen LogP contribution is 2.58. The maximum atomic E-state index is 14.6. The van der Waals surface area contributed by atoms with Crippen molar-refractivity contribution in [3.8, 4) is 39.9 Å². The minimum atomic E-state index is -2.61. The number of fused-ring (bicyclic) bond motifs is 3. The van der Waals surface area contributed by atoms with Gasteiger partial charge in [-0.3, -0.25) is 9.59 Å². The van der Waals surface area contributed by atoms with Crippen molar-refractivity contribution in [1.82, 2.24) is 0 Å². The number of hydrogen-bond acceptors (Lipinski definition) is 8. The lowest BCUT2D eigenvalue weighted by atomic mass is 9.52. The molecule has 0 spiro atoms. The van der Waals surface area contributed by atoms with E-state index in [1.165, 1.54) is 27.4 Å². The van der Waals surface area contributed by atoms with E-state index in [-0.39, 0.29) is 49.5 Å². The Morgan fingerprint density at radius 1 is 0.780 bits per heavy atom. The van der Waals surface area contributed by atoms with Crippen LogP contribution < -0.4 is 14.2 Å². The smallest absolute Gasteiger partial charge is 0.206 e. The van der Waals surface area contributed by atoms with Crippen molar-refractivity contribution in [2.24, 2.45) is 5.92 Å². The minimum Gasteiger partial charge on any atom is -0.507 e.